The number of piperidine rings is 1. The SMILES string of the molecule is COc1cc(/C=C2\SC(=O)N(CC(=O)N3CCCCC3)C2=O)c(Br)cc1OCc1ccc(F)cc1. The minimum Gasteiger partial charge on any atom is -0.493 e. The van der Waals surface area contributed by atoms with Crippen molar-refractivity contribution in [2.24, 2.45) is 0 Å². The molecule has 2 aromatic rings. The summed E-state index contributed by atoms with van der Waals surface area (Å²) in [6.45, 7) is 1.29. The summed E-state index contributed by atoms with van der Waals surface area (Å²) in [6, 6.07) is 9.40. The van der Waals surface area contributed by atoms with Crippen molar-refractivity contribution in [1.82, 2.24) is 9.80 Å². The van der Waals surface area contributed by atoms with E-state index in [4.69, 9.17) is 9.47 Å². The predicted octanol–water partition coefficient (Wildman–Crippen LogP) is 5.22. The first-order valence-electron chi connectivity index (χ1n) is 11.1. The molecule has 2 aliphatic heterocycles. The second-order valence-corrected chi connectivity index (χ2v) is 10.00. The van der Waals surface area contributed by atoms with Gasteiger partial charge in [0.25, 0.3) is 11.1 Å². The predicted molar refractivity (Wildman–Crippen MR) is 135 cm³/mol. The lowest BCUT2D eigenvalue weighted by Gasteiger charge is -2.27. The second-order valence-electron chi connectivity index (χ2n) is 8.15. The quantitative estimate of drug-likeness (QED) is 0.430. The number of imide groups is 1. The van der Waals surface area contributed by atoms with Crippen molar-refractivity contribution in [3.05, 3.63) is 62.7 Å². The van der Waals surface area contributed by atoms with Gasteiger partial charge < -0.3 is 14.4 Å². The molecule has 2 heterocycles. The number of likely N-dealkylation sites (tertiary alicyclic amines) is 1. The van der Waals surface area contributed by atoms with Crippen LogP contribution in [0, 0.1) is 5.82 Å². The van der Waals surface area contributed by atoms with E-state index in [0.717, 1.165) is 41.5 Å². The summed E-state index contributed by atoms with van der Waals surface area (Å²) in [6.07, 6.45) is 4.55. The highest BCUT2D eigenvalue weighted by Crippen LogP contribution is 2.38. The van der Waals surface area contributed by atoms with Gasteiger partial charge >= 0.3 is 0 Å². The third-order valence-electron chi connectivity index (χ3n) is 5.75. The average molecular weight is 563 g/mol. The number of amides is 3. The maximum absolute atomic E-state index is 13.1. The minimum atomic E-state index is -0.493. The van der Waals surface area contributed by atoms with Crippen LogP contribution < -0.4 is 9.47 Å². The van der Waals surface area contributed by atoms with Gasteiger partial charge in [0.1, 0.15) is 19.0 Å². The van der Waals surface area contributed by atoms with Gasteiger partial charge in [-0.05, 0) is 72.5 Å². The molecule has 0 aromatic heterocycles. The van der Waals surface area contributed by atoms with E-state index >= 15 is 0 Å². The first-order chi connectivity index (χ1) is 16.9. The summed E-state index contributed by atoms with van der Waals surface area (Å²) in [4.78, 5) is 40.9. The van der Waals surface area contributed by atoms with Crippen LogP contribution in [0.3, 0.4) is 0 Å². The van der Waals surface area contributed by atoms with Crippen LogP contribution in [0.1, 0.15) is 30.4 Å². The van der Waals surface area contributed by atoms with Crippen molar-refractivity contribution in [3.63, 3.8) is 0 Å². The topological polar surface area (TPSA) is 76.2 Å². The Kier molecular flexibility index (Phi) is 8.12. The van der Waals surface area contributed by atoms with E-state index in [1.54, 1.807) is 35.2 Å². The zero-order valence-corrected chi connectivity index (χ0v) is 21.5. The summed E-state index contributed by atoms with van der Waals surface area (Å²) in [7, 11) is 1.50. The van der Waals surface area contributed by atoms with E-state index < -0.39 is 11.1 Å². The molecule has 35 heavy (non-hydrogen) atoms. The van der Waals surface area contributed by atoms with E-state index in [9.17, 15) is 18.8 Å². The van der Waals surface area contributed by atoms with Gasteiger partial charge in [-0.3, -0.25) is 19.3 Å². The zero-order valence-electron chi connectivity index (χ0n) is 19.1. The first-order valence-corrected chi connectivity index (χ1v) is 12.7. The Hall–Kier alpha value is -2.85. The lowest BCUT2D eigenvalue weighted by atomic mass is 10.1. The molecular formula is C25H24BrFN2O5S. The molecule has 0 aliphatic carbocycles. The number of nitrogens with zero attached hydrogens (tertiary/aromatic N) is 2. The van der Waals surface area contributed by atoms with Crippen molar-refractivity contribution < 1.29 is 28.2 Å². The highest BCUT2D eigenvalue weighted by atomic mass is 79.9. The maximum Gasteiger partial charge on any atom is 0.294 e. The number of halogens is 2. The number of hydrogen-bond donors (Lipinski definition) is 0. The standard InChI is InChI=1S/C25H24BrFN2O5S/c1-33-20-11-17(19(26)13-21(20)34-15-16-5-7-18(27)8-6-16)12-22-24(31)29(25(32)35-22)14-23(30)28-9-3-2-4-10-28/h5-8,11-13H,2-4,9-10,14-15H2,1H3/b22-12-. The van der Waals surface area contributed by atoms with Gasteiger partial charge in [0.05, 0.1) is 12.0 Å². The van der Waals surface area contributed by atoms with Crippen LogP contribution in [0.25, 0.3) is 6.08 Å². The first kappa shape index (κ1) is 25.2. The van der Waals surface area contributed by atoms with Crippen molar-refractivity contribution in [1.29, 1.82) is 0 Å². The van der Waals surface area contributed by atoms with E-state index in [-0.39, 0.29) is 29.8 Å². The number of carbonyl (C=O) groups is 3. The normalized spacial score (nSPS) is 17.3. The molecule has 2 fully saturated rings. The highest BCUT2D eigenvalue weighted by Gasteiger charge is 2.37. The number of ether oxygens (including phenoxy) is 2. The number of methoxy groups -OCH3 is 1. The number of hydrogen-bond acceptors (Lipinski definition) is 6. The maximum atomic E-state index is 13.1. The van der Waals surface area contributed by atoms with Crippen molar-refractivity contribution in [2.75, 3.05) is 26.7 Å². The fourth-order valence-corrected chi connectivity index (χ4v) is 5.10. The Morgan fingerprint density at radius 3 is 2.51 bits per heavy atom. The lowest BCUT2D eigenvalue weighted by molar-refractivity contribution is -0.136. The molecule has 0 spiro atoms. The number of carbonyl (C=O) groups excluding carboxylic acids is 3. The molecule has 10 heteroatoms. The van der Waals surface area contributed by atoms with E-state index in [1.807, 2.05) is 0 Å². The molecule has 0 atom stereocenters. The van der Waals surface area contributed by atoms with Crippen LogP contribution in [0.15, 0.2) is 45.8 Å². The molecule has 0 saturated carbocycles. The fourth-order valence-electron chi connectivity index (χ4n) is 3.83. The van der Waals surface area contributed by atoms with Gasteiger partial charge in [-0.2, -0.15) is 0 Å². The Morgan fingerprint density at radius 2 is 1.83 bits per heavy atom. The number of thioether (sulfide) groups is 1. The fraction of sp³-hybridized carbons (Fsp3) is 0.320. The third kappa shape index (κ3) is 6.05. The van der Waals surface area contributed by atoms with Gasteiger partial charge in [-0.25, -0.2) is 4.39 Å². The van der Waals surface area contributed by atoms with E-state index in [0.29, 0.717) is 34.6 Å². The van der Waals surface area contributed by atoms with Gasteiger partial charge in [-0.15, -0.1) is 0 Å². The Balaban J connectivity index is 1.48. The Bertz CT molecular complexity index is 1170. The van der Waals surface area contributed by atoms with Crippen LogP contribution in [-0.2, 0) is 16.2 Å². The molecule has 0 bridgehead atoms. The van der Waals surface area contributed by atoms with Crippen LogP contribution in [0.5, 0.6) is 11.5 Å². The number of benzene rings is 2. The molecule has 2 aliphatic rings. The Morgan fingerprint density at radius 1 is 1.11 bits per heavy atom. The molecule has 0 N–H and O–H groups in total. The summed E-state index contributed by atoms with van der Waals surface area (Å²) >= 11 is 4.29. The second kappa shape index (κ2) is 11.3. The van der Waals surface area contributed by atoms with Gasteiger partial charge in [0.15, 0.2) is 11.5 Å². The van der Waals surface area contributed by atoms with E-state index in [2.05, 4.69) is 15.9 Å². The van der Waals surface area contributed by atoms with Gasteiger partial charge in [0, 0.05) is 17.6 Å². The molecule has 0 radical (unpaired) electrons. The van der Waals surface area contributed by atoms with E-state index in [1.165, 1.54) is 19.2 Å². The van der Waals surface area contributed by atoms with Crippen LogP contribution in [-0.4, -0.2) is 53.6 Å². The van der Waals surface area contributed by atoms with Crippen LogP contribution >= 0.6 is 27.7 Å². The smallest absolute Gasteiger partial charge is 0.294 e. The third-order valence-corrected chi connectivity index (χ3v) is 7.35. The largest absolute Gasteiger partial charge is 0.493 e. The van der Waals surface area contributed by atoms with Gasteiger partial charge in [0.2, 0.25) is 5.91 Å². The number of rotatable bonds is 7. The summed E-state index contributed by atoms with van der Waals surface area (Å²) < 4.78 is 25.0. The molecule has 184 valence electrons. The van der Waals surface area contributed by atoms with Crippen LogP contribution in [0.2, 0.25) is 0 Å². The monoisotopic (exact) mass is 562 g/mol. The minimum absolute atomic E-state index is 0.209. The van der Waals surface area contributed by atoms with Crippen molar-refractivity contribution >= 4 is 50.8 Å². The van der Waals surface area contributed by atoms with Gasteiger partial charge in [-0.1, -0.05) is 28.1 Å². The zero-order chi connectivity index (χ0) is 24.9. The van der Waals surface area contributed by atoms with Crippen molar-refractivity contribution in [3.8, 4) is 11.5 Å². The van der Waals surface area contributed by atoms with Crippen LogP contribution in [0.4, 0.5) is 9.18 Å². The lowest BCUT2D eigenvalue weighted by Crippen LogP contribution is -2.44. The molecule has 0 unspecified atom stereocenters. The summed E-state index contributed by atoms with van der Waals surface area (Å²) in [5, 5.41) is -0.464. The van der Waals surface area contributed by atoms with Crippen molar-refractivity contribution in [2.45, 2.75) is 25.9 Å². The summed E-state index contributed by atoms with van der Waals surface area (Å²) in [5.74, 6) is -0.132. The molecule has 2 saturated heterocycles. The molecule has 3 amide bonds. The Labute approximate surface area is 215 Å². The average Bonchev–Trinajstić information content (AvgIpc) is 3.12. The summed E-state index contributed by atoms with van der Waals surface area (Å²) in [5.41, 5.74) is 1.41. The highest BCUT2D eigenvalue weighted by molar-refractivity contribution is 9.10. The molecule has 2 aromatic carbocycles. The molecular weight excluding hydrogens is 539 g/mol. The molecule has 4 rings (SSSR count). The molecule has 7 nitrogen and oxygen atoms in total.